The Morgan fingerprint density at radius 1 is 1.20 bits per heavy atom. The largest absolute Gasteiger partial charge is 0.339 e. The zero-order valence-corrected chi connectivity index (χ0v) is 14.3. The van der Waals surface area contributed by atoms with Gasteiger partial charge < -0.3 is 9.84 Å². The topological polar surface area (TPSA) is 80.9 Å². The van der Waals surface area contributed by atoms with Crippen LogP contribution in [0.1, 0.15) is 49.0 Å². The molecule has 0 bridgehead atoms. The van der Waals surface area contributed by atoms with Crippen molar-refractivity contribution in [2.75, 3.05) is 0 Å². The van der Waals surface area contributed by atoms with E-state index in [0.717, 1.165) is 0 Å². The Balaban J connectivity index is 1.75. The first-order valence-electron chi connectivity index (χ1n) is 8.12. The van der Waals surface area contributed by atoms with Crippen molar-refractivity contribution >= 4 is 16.8 Å². The van der Waals surface area contributed by atoms with Gasteiger partial charge in [0.1, 0.15) is 23.1 Å². The molecule has 3 rings (SSSR count). The van der Waals surface area contributed by atoms with Crippen molar-refractivity contribution in [1.29, 1.82) is 0 Å². The van der Waals surface area contributed by atoms with Crippen molar-refractivity contribution in [3.8, 4) is 0 Å². The quantitative estimate of drug-likeness (QED) is 0.768. The first kappa shape index (κ1) is 17.0. The zero-order chi connectivity index (χ0) is 18.0. The van der Waals surface area contributed by atoms with Crippen molar-refractivity contribution in [2.24, 2.45) is 5.92 Å². The summed E-state index contributed by atoms with van der Waals surface area (Å²) in [5.41, 5.74) is 0.297. The average molecular weight is 342 g/mol. The van der Waals surface area contributed by atoms with E-state index in [9.17, 15) is 9.18 Å². The fourth-order valence-electron chi connectivity index (χ4n) is 2.46. The van der Waals surface area contributed by atoms with E-state index in [-0.39, 0.29) is 11.2 Å². The minimum atomic E-state index is -0.473. The van der Waals surface area contributed by atoms with Crippen LogP contribution in [0, 0.1) is 11.7 Å². The molecule has 1 atom stereocenters. The first-order chi connectivity index (χ1) is 11.9. The Labute approximate surface area is 144 Å². The average Bonchev–Trinajstić information content (AvgIpc) is 3.02. The maximum absolute atomic E-state index is 13.8. The summed E-state index contributed by atoms with van der Waals surface area (Å²) >= 11 is 0. The van der Waals surface area contributed by atoms with E-state index in [1.807, 2.05) is 0 Å². The molecule has 130 valence electrons. The molecular weight excluding hydrogens is 323 g/mol. The molecule has 6 nitrogen and oxygen atoms in total. The maximum Gasteiger partial charge on any atom is 0.270 e. The van der Waals surface area contributed by atoms with Crippen molar-refractivity contribution in [3.05, 3.63) is 53.6 Å². The Hall–Kier alpha value is -2.83. The molecule has 0 radical (unpaired) electrons. The third-order valence-electron chi connectivity index (χ3n) is 3.70. The molecule has 0 saturated heterocycles. The van der Waals surface area contributed by atoms with Gasteiger partial charge in [-0.05, 0) is 25.0 Å². The number of pyridine rings is 1. The maximum atomic E-state index is 13.8. The van der Waals surface area contributed by atoms with Gasteiger partial charge in [-0.1, -0.05) is 37.2 Å². The Morgan fingerprint density at radius 2 is 2.00 bits per heavy atom. The van der Waals surface area contributed by atoms with E-state index < -0.39 is 17.8 Å². The Morgan fingerprint density at radius 3 is 2.76 bits per heavy atom. The monoisotopic (exact) mass is 342 g/mol. The predicted octanol–water partition coefficient (Wildman–Crippen LogP) is 3.45. The van der Waals surface area contributed by atoms with Gasteiger partial charge in [0.15, 0.2) is 5.82 Å². The summed E-state index contributed by atoms with van der Waals surface area (Å²) < 4.78 is 19.0. The third kappa shape index (κ3) is 3.81. The zero-order valence-electron chi connectivity index (χ0n) is 14.3. The van der Waals surface area contributed by atoms with Crippen LogP contribution in [0.15, 0.2) is 34.9 Å². The van der Waals surface area contributed by atoms with Crippen LogP contribution in [0.4, 0.5) is 4.39 Å². The molecule has 3 aromatic rings. The minimum Gasteiger partial charge on any atom is -0.339 e. The van der Waals surface area contributed by atoms with Gasteiger partial charge in [-0.25, -0.2) is 9.37 Å². The van der Waals surface area contributed by atoms with Gasteiger partial charge in [0.05, 0.1) is 0 Å². The van der Waals surface area contributed by atoms with E-state index in [4.69, 9.17) is 4.52 Å². The number of benzene rings is 1. The van der Waals surface area contributed by atoms with Crippen molar-refractivity contribution in [3.63, 3.8) is 0 Å². The van der Waals surface area contributed by atoms with Crippen molar-refractivity contribution < 1.29 is 13.7 Å². The number of hydrogen-bond acceptors (Lipinski definition) is 5. The number of nitrogens with one attached hydrogen (secondary N) is 1. The molecule has 2 heterocycles. The van der Waals surface area contributed by atoms with Gasteiger partial charge in [-0.2, -0.15) is 4.98 Å². The lowest BCUT2D eigenvalue weighted by molar-refractivity contribution is 0.0928. The molecular formula is C18H19FN4O2. The molecule has 25 heavy (non-hydrogen) atoms. The number of para-hydroxylation sites is 1. The smallest absolute Gasteiger partial charge is 0.270 e. The highest BCUT2D eigenvalue weighted by Gasteiger charge is 2.19. The number of nitrogens with zero attached hydrogens (tertiary/aromatic N) is 3. The molecule has 0 aliphatic heterocycles. The number of amides is 1. The fraction of sp³-hybridized carbons (Fsp3) is 0.333. The number of fused-ring (bicyclic) bond motifs is 1. The predicted molar refractivity (Wildman–Crippen MR) is 90.4 cm³/mol. The highest BCUT2D eigenvalue weighted by molar-refractivity contribution is 5.95. The van der Waals surface area contributed by atoms with Gasteiger partial charge in [0.25, 0.3) is 5.91 Å². The lowest BCUT2D eigenvalue weighted by atomic mass is 10.1. The number of halogens is 1. The molecule has 7 heteroatoms. The van der Waals surface area contributed by atoms with E-state index in [1.54, 1.807) is 31.2 Å². The number of carbonyl (C=O) groups excluding carboxylic acids is 1. The van der Waals surface area contributed by atoms with Gasteiger partial charge >= 0.3 is 0 Å². The summed E-state index contributed by atoms with van der Waals surface area (Å²) in [7, 11) is 0. The number of hydrogen-bond donors (Lipinski definition) is 1. The minimum absolute atomic E-state index is 0.131. The first-order valence-corrected chi connectivity index (χ1v) is 8.12. The molecule has 0 aliphatic rings. The third-order valence-corrected chi connectivity index (χ3v) is 3.70. The second-order valence-electron chi connectivity index (χ2n) is 6.35. The molecule has 0 aliphatic carbocycles. The molecule has 0 unspecified atom stereocenters. The summed E-state index contributed by atoms with van der Waals surface area (Å²) in [6.07, 6.45) is 0.704. The summed E-state index contributed by atoms with van der Waals surface area (Å²) in [4.78, 5) is 20.8. The van der Waals surface area contributed by atoms with Crippen LogP contribution in [-0.4, -0.2) is 21.0 Å². The second kappa shape index (κ2) is 6.96. The molecule has 1 aromatic carbocycles. The van der Waals surface area contributed by atoms with Crippen LogP contribution < -0.4 is 5.32 Å². The van der Waals surface area contributed by atoms with E-state index in [2.05, 4.69) is 34.3 Å². The summed E-state index contributed by atoms with van der Waals surface area (Å²) in [5.74, 6) is 0.455. The fourth-order valence-corrected chi connectivity index (χ4v) is 2.46. The highest BCUT2D eigenvalue weighted by Crippen LogP contribution is 2.17. The molecule has 1 amide bonds. The van der Waals surface area contributed by atoms with Crippen molar-refractivity contribution in [2.45, 2.75) is 33.2 Å². The molecule has 0 fully saturated rings. The number of aromatic nitrogens is 3. The molecule has 1 N–H and O–H groups in total. The summed E-state index contributed by atoms with van der Waals surface area (Å²) in [6.45, 7) is 5.86. The van der Waals surface area contributed by atoms with E-state index in [1.165, 1.54) is 6.07 Å². The molecule has 0 saturated carbocycles. The SMILES string of the molecule is CC(C)Cc1noc([C@@H](C)NC(=O)c2ccc3cccc(F)c3n2)n1. The van der Waals surface area contributed by atoms with Crippen LogP contribution in [-0.2, 0) is 6.42 Å². The highest BCUT2D eigenvalue weighted by atomic mass is 19.1. The number of carbonyl (C=O) groups is 1. The Kier molecular flexibility index (Phi) is 4.74. The van der Waals surface area contributed by atoms with Crippen LogP contribution in [0.2, 0.25) is 0 Å². The van der Waals surface area contributed by atoms with Gasteiger partial charge in [-0.15, -0.1) is 0 Å². The van der Waals surface area contributed by atoms with E-state index >= 15 is 0 Å². The van der Waals surface area contributed by atoms with Crippen LogP contribution >= 0.6 is 0 Å². The van der Waals surface area contributed by atoms with Crippen molar-refractivity contribution in [1.82, 2.24) is 20.4 Å². The lowest BCUT2D eigenvalue weighted by Crippen LogP contribution is -2.27. The standard InChI is InChI=1S/C18H19FN4O2/c1-10(2)9-15-22-18(25-23-15)11(3)20-17(24)14-8-7-12-5-4-6-13(19)16(12)21-14/h4-8,10-11H,9H2,1-3H3,(H,20,24)/t11-/m1/s1. The normalized spacial score (nSPS) is 12.5. The van der Waals surface area contributed by atoms with Gasteiger partial charge in [0.2, 0.25) is 5.89 Å². The summed E-state index contributed by atoms with van der Waals surface area (Å²) in [6, 6.07) is 7.41. The summed E-state index contributed by atoms with van der Waals surface area (Å²) in [5, 5.41) is 7.29. The van der Waals surface area contributed by atoms with Crippen LogP contribution in [0.25, 0.3) is 10.9 Å². The van der Waals surface area contributed by atoms with Crippen LogP contribution in [0.3, 0.4) is 0 Å². The second-order valence-corrected chi connectivity index (χ2v) is 6.35. The molecule has 0 spiro atoms. The van der Waals surface area contributed by atoms with E-state index in [0.29, 0.717) is 29.4 Å². The Bertz CT molecular complexity index is 907. The molecule has 2 aromatic heterocycles. The van der Waals surface area contributed by atoms with Gasteiger partial charge in [-0.3, -0.25) is 4.79 Å². The lowest BCUT2D eigenvalue weighted by Gasteiger charge is -2.09. The van der Waals surface area contributed by atoms with Gasteiger partial charge in [0, 0.05) is 11.8 Å². The number of rotatable bonds is 5. The van der Waals surface area contributed by atoms with Crippen LogP contribution in [0.5, 0.6) is 0 Å².